The van der Waals surface area contributed by atoms with Gasteiger partial charge in [0, 0.05) is 43.2 Å². The maximum Gasteiger partial charge on any atom is 0.292 e. The summed E-state index contributed by atoms with van der Waals surface area (Å²) >= 11 is 0. The van der Waals surface area contributed by atoms with E-state index < -0.39 is 0 Å². The molecule has 3 heterocycles. The monoisotopic (exact) mass is 371 g/mol. The molecule has 0 radical (unpaired) electrons. The highest BCUT2D eigenvalue weighted by molar-refractivity contribution is 5.91. The normalized spacial score (nSPS) is 23.3. The molecule has 0 unspecified atom stereocenters. The molecule has 0 bridgehead atoms. The van der Waals surface area contributed by atoms with Gasteiger partial charge >= 0.3 is 0 Å². The van der Waals surface area contributed by atoms with Crippen LogP contribution in [0.2, 0.25) is 0 Å². The number of aromatic nitrogens is 1. The Hall–Kier alpha value is -2.21. The molecule has 6 heteroatoms. The molecule has 1 spiro atoms. The van der Waals surface area contributed by atoms with Crippen LogP contribution in [0.4, 0.5) is 4.39 Å². The van der Waals surface area contributed by atoms with Crippen LogP contribution in [-0.2, 0) is 13.0 Å². The Balaban J connectivity index is 1.41. The number of amides is 1. The Bertz CT molecular complexity index is 821. The zero-order valence-corrected chi connectivity index (χ0v) is 15.8. The minimum absolute atomic E-state index is 0.0645. The molecule has 4 rings (SSSR count). The quantitative estimate of drug-likeness (QED) is 0.825. The van der Waals surface area contributed by atoms with Crippen molar-refractivity contribution in [2.45, 2.75) is 39.2 Å². The Morgan fingerprint density at radius 1 is 1.26 bits per heavy atom. The molecule has 2 fully saturated rings. The lowest BCUT2D eigenvalue weighted by molar-refractivity contribution is 0.0642. The minimum Gasteiger partial charge on any atom is -0.351 e. The van der Waals surface area contributed by atoms with E-state index in [2.05, 4.69) is 10.1 Å². The molecule has 0 saturated carbocycles. The molecule has 144 valence electrons. The molecule has 2 saturated heterocycles. The van der Waals surface area contributed by atoms with Crippen LogP contribution in [-0.4, -0.2) is 47.0 Å². The lowest BCUT2D eigenvalue weighted by atomic mass is 9.79. The van der Waals surface area contributed by atoms with Gasteiger partial charge in [-0.3, -0.25) is 9.69 Å². The van der Waals surface area contributed by atoms with Crippen molar-refractivity contribution >= 4 is 5.91 Å². The first kappa shape index (κ1) is 18.2. The summed E-state index contributed by atoms with van der Waals surface area (Å²) in [5.41, 5.74) is 1.66. The number of piperidine rings is 1. The third-order valence-electron chi connectivity index (χ3n) is 5.95. The number of hydrogen-bond acceptors (Lipinski definition) is 4. The molecule has 2 aliphatic rings. The van der Waals surface area contributed by atoms with E-state index in [9.17, 15) is 9.18 Å². The van der Waals surface area contributed by atoms with Crippen LogP contribution in [0.5, 0.6) is 0 Å². The number of carbonyl (C=O) groups excluding carboxylic acids is 1. The average Bonchev–Trinajstić information content (AvgIpc) is 3.31. The zero-order valence-electron chi connectivity index (χ0n) is 15.8. The summed E-state index contributed by atoms with van der Waals surface area (Å²) < 4.78 is 19.2. The van der Waals surface area contributed by atoms with Gasteiger partial charge in [-0.1, -0.05) is 30.3 Å². The first-order valence-electron chi connectivity index (χ1n) is 9.79. The maximum atomic E-state index is 14.0. The number of benzene rings is 1. The fraction of sp³-hybridized carbons (Fsp3) is 0.524. The van der Waals surface area contributed by atoms with E-state index in [1.807, 2.05) is 24.0 Å². The van der Waals surface area contributed by atoms with Gasteiger partial charge < -0.3 is 9.42 Å². The highest BCUT2D eigenvalue weighted by Crippen LogP contribution is 2.40. The number of halogens is 1. The fourth-order valence-corrected chi connectivity index (χ4v) is 4.49. The van der Waals surface area contributed by atoms with Gasteiger partial charge in [0.05, 0.1) is 5.69 Å². The SMILES string of the molecule is CCc1cc(C(=O)N2CC[C@]3(CCCN(Cc4ccccc4F)C3)C2)on1. The van der Waals surface area contributed by atoms with Crippen LogP contribution in [0.1, 0.15) is 48.0 Å². The van der Waals surface area contributed by atoms with Gasteiger partial charge in [-0.25, -0.2) is 4.39 Å². The van der Waals surface area contributed by atoms with E-state index in [1.165, 1.54) is 6.07 Å². The summed E-state index contributed by atoms with van der Waals surface area (Å²) in [5, 5.41) is 3.93. The molecule has 1 atom stereocenters. The van der Waals surface area contributed by atoms with E-state index in [1.54, 1.807) is 12.1 Å². The Kier molecular flexibility index (Phi) is 5.00. The van der Waals surface area contributed by atoms with E-state index in [-0.39, 0.29) is 17.1 Å². The summed E-state index contributed by atoms with van der Waals surface area (Å²) in [4.78, 5) is 17.0. The predicted octanol–water partition coefficient (Wildman–Crippen LogP) is 3.50. The first-order valence-corrected chi connectivity index (χ1v) is 9.79. The van der Waals surface area contributed by atoms with Crippen LogP contribution in [0.15, 0.2) is 34.9 Å². The molecule has 1 aromatic carbocycles. The second-order valence-corrected chi connectivity index (χ2v) is 7.92. The van der Waals surface area contributed by atoms with Gasteiger partial charge in [0.2, 0.25) is 5.76 Å². The van der Waals surface area contributed by atoms with Gasteiger partial charge in [-0.15, -0.1) is 0 Å². The standard InChI is InChI=1S/C21H26FN3O2/c1-2-17-12-19(27-23-17)20(26)25-11-9-21(15-25)8-5-10-24(14-21)13-16-6-3-4-7-18(16)22/h3-4,6-7,12H,2,5,8-11,13-15H2,1H3/t21-/m0/s1. The van der Waals surface area contributed by atoms with Gasteiger partial charge in [0.15, 0.2) is 0 Å². The summed E-state index contributed by atoms with van der Waals surface area (Å²) in [6.45, 7) is 5.98. The summed E-state index contributed by atoms with van der Waals surface area (Å²) in [6.07, 6.45) is 3.94. The summed E-state index contributed by atoms with van der Waals surface area (Å²) in [6, 6.07) is 8.74. The molecule has 27 heavy (non-hydrogen) atoms. The van der Waals surface area contributed by atoms with Crippen molar-refractivity contribution in [3.63, 3.8) is 0 Å². The van der Waals surface area contributed by atoms with Gasteiger partial charge in [-0.05, 0) is 38.3 Å². The molecule has 0 aliphatic carbocycles. The number of nitrogens with zero attached hydrogens (tertiary/aromatic N) is 3. The van der Waals surface area contributed by atoms with Crippen molar-refractivity contribution < 1.29 is 13.7 Å². The smallest absolute Gasteiger partial charge is 0.292 e. The van der Waals surface area contributed by atoms with Crippen molar-refractivity contribution in [2.75, 3.05) is 26.2 Å². The van der Waals surface area contributed by atoms with Crippen molar-refractivity contribution in [1.82, 2.24) is 15.0 Å². The fourth-order valence-electron chi connectivity index (χ4n) is 4.49. The lowest BCUT2D eigenvalue weighted by Gasteiger charge is -2.40. The third kappa shape index (κ3) is 3.76. The number of hydrogen-bond donors (Lipinski definition) is 0. The molecular formula is C21H26FN3O2. The van der Waals surface area contributed by atoms with Crippen molar-refractivity contribution in [1.29, 1.82) is 0 Å². The summed E-state index contributed by atoms with van der Waals surface area (Å²) in [5.74, 6) is 0.130. The van der Waals surface area contributed by atoms with Crippen molar-refractivity contribution in [2.24, 2.45) is 5.41 Å². The Labute approximate surface area is 159 Å². The Morgan fingerprint density at radius 2 is 2.11 bits per heavy atom. The Morgan fingerprint density at radius 3 is 2.89 bits per heavy atom. The summed E-state index contributed by atoms with van der Waals surface area (Å²) in [7, 11) is 0. The highest BCUT2D eigenvalue weighted by Gasteiger charge is 2.43. The largest absolute Gasteiger partial charge is 0.351 e. The van der Waals surface area contributed by atoms with Gasteiger partial charge in [0.25, 0.3) is 5.91 Å². The topological polar surface area (TPSA) is 49.6 Å². The number of likely N-dealkylation sites (tertiary alicyclic amines) is 2. The predicted molar refractivity (Wildman–Crippen MR) is 99.7 cm³/mol. The van der Waals surface area contributed by atoms with E-state index in [4.69, 9.17) is 4.52 Å². The van der Waals surface area contributed by atoms with Crippen molar-refractivity contribution in [3.8, 4) is 0 Å². The molecule has 2 aliphatic heterocycles. The third-order valence-corrected chi connectivity index (χ3v) is 5.95. The molecule has 0 N–H and O–H groups in total. The van der Waals surface area contributed by atoms with Crippen LogP contribution in [0, 0.1) is 11.2 Å². The lowest BCUT2D eigenvalue weighted by Crippen LogP contribution is -2.45. The molecule has 1 amide bonds. The number of carbonyl (C=O) groups is 1. The minimum atomic E-state index is -0.141. The van der Waals surface area contributed by atoms with Gasteiger partial charge in [0.1, 0.15) is 5.82 Å². The van der Waals surface area contributed by atoms with Crippen LogP contribution < -0.4 is 0 Å². The van der Waals surface area contributed by atoms with E-state index in [0.717, 1.165) is 63.1 Å². The van der Waals surface area contributed by atoms with Crippen LogP contribution >= 0.6 is 0 Å². The maximum absolute atomic E-state index is 14.0. The number of rotatable bonds is 4. The second kappa shape index (κ2) is 7.43. The van der Waals surface area contributed by atoms with E-state index in [0.29, 0.717) is 12.3 Å². The van der Waals surface area contributed by atoms with Crippen molar-refractivity contribution in [3.05, 3.63) is 53.2 Å². The van der Waals surface area contributed by atoms with Crippen LogP contribution in [0.3, 0.4) is 0 Å². The highest BCUT2D eigenvalue weighted by atomic mass is 19.1. The van der Waals surface area contributed by atoms with Gasteiger partial charge in [-0.2, -0.15) is 0 Å². The molecule has 5 nitrogen and oxygen atoms in total. The zero-order chi connectivity index (χ0) is 18.9. The molecule has 2 aromatic rings. The van der Waals surface area contributed by atoms with E-state index >= 15 is 0 Å². The molecular weight excluding hydrogens is 345 g/mol. The first-order chi connectivity index (χ1) is 13.1. The van der Waals surface area contributed by atoms with Crippen LogP contribution in [0.25, 0.3) is 0 Å². The molecule has 1 aromatic heterocycles. The number of aryl methyl sites for hydroxylation is 1. The average molecular weight is 371 g/mol. The second-order valence-electron chi connectivity index (χ2n) is 7.92.